The molecule has 1 aromatic carbocycles. The van der Waals surface area contributed by atoms with E-state index in [-0.39, 0.29) is 5.91 Å². The third kappa shape index (κ3) is 3.48. The second-order valence-corrected chi connectivity index (χ2v) is 5.81. The molecule has 3 heteroatoms. The first-order chi connectivity index (χ1) is 10.0. The summed E-state index contributed by atoms with van der Waals surface area (Å²) in [4.78, 5) is 16.4. The standard InChI is InChI=1S/C18H22N2O/c1-12(2)15-6-5-7-16(13(3)4)17(15)20-18(21)14-8-10-19-11-9-14/h5-13H,1-4H3,(H,20,21). The van der Waals surface area contributed by atoms with Gasteiger partial charge in [0.1, 0.15) is 0 Å². The highest BCUT2D eigenvalue weighted by atomic mass is 16.1. The van der Waals surface area contributed by atoms with Crippen LogP contribution in [0.2, 0.25) is 0 Å². The van der Waals surface area contributed by atoms with Crippen LogP contribution < -0.4 is 5.32 Å². The first-order valence-electron chi connectivity index (χ1n) is 7.35. The van der Waals surface area contributed by atoms with Crippen molar-refractivity contribution < 1.29 is 4.79 Å². The van der Waals surface area contributed by atoms with Crippen molar-refractivity contribution in [3.05, 3.63) is 59.4 Å². The number of carbonyl (C=O) groups excluding carboxylic acids is 1. The first-order valence-corrected chi connectivity index (χ1v) is 7.35. The summed E-state index contributed by atoms with van der Waals surface area (Å²) in [6.45, 7) is 8.56. The number of para-hydroxylation sites is 1. The molecule has 1 N–H and O–H groups in total. The number of carbonyl (C=O) groups is 1. The fourth-order valence-corrected chi connectivity index (χ4v) is 2.38. The maximum Gasteiger partial charge on any atom is 0.255 e. The van der Waals surface area contributed by atoms with Crippen molar-refractivity contribution in [2.24, 2.45) is 0 Å². The minimum absolute atomic E-state index is 0.0904. The number of benzene rings is 1. The van der Waals surface area contributed by atoms with Crippen molar-refractivity contribution >= 4 is 11.6 Å². The van der Waals surface area contributed by atoms with Gasteiger partial charge in [0.25, 0.3) is 5.91 Å². The molecule has 0 aliphatic rings. The fourth-order valence-electron chi connectivity index (χ4n) is 2.38. The summed E-state index contributed by atoms with van der Waals surface area (Å²) >= 11 is 0. The number of aromatic nitrogens is 1. The number of anilines is 1. The summed E-state index contributed by atoms with van der Waals surface area (Å²) in [5.41, 5.74) is 3.91. The normalized spacial score (nSPS) is 11.0. The Balaban J connectivity index is 2.40. The number of hydrogen-bond donors (Lipinski definition) is 1. The van der Waals surface area contributed by atoms with E-state index in [1.807, 2.05) is 0 Å². The third-order valence-corrected chi connectivity index (χ3v) is 3.55. The van der Waals surface area contributed by atoms with E-state index < -0.39 is 0 Å². The number of pyridine rings is 1. The van der Waals surface area contributed by atoms with Gasteiger partial charge in [-0.1, -0.05) is 45.9 Å². The Morgan fingerprint density at radius 3 is 1.95 bits per heavy atom. The molecule has 1 heterocycles. The zero-order chi connectivity index (χ0) is 15.4. The number of nitrogens with zero attached hydrogens (tertiary/aromatic N) is 1. The highest BCUT2D eigenvalue weighted by molar-refractivity contribution is 6.05. The molecule has 0 spiro atoms. The van der Waals surface area contributed by atoms with Gasteiger partial charge in [-0.05, 0) is 35.1 Å². The Morgan fingerprint density at radius 1 is 0.952 bits per heavy atom. The van der Waals surface area contributed by atoms with E-state index in [9.17, 15) is 4.79 Å². The highest BCUT2D eigenvalue weighted by Crippen LogP contribution is 2.32. The molecule has 21 heavy (non-hydrogen) atoms. The minimum Gasteiger partial charge on any atom is -0.321 e. The van der Waals surface area contributed by atoms with Gasteiger partial charge in [0.15, 0.2) is 0 Å². The van der Waals surface area contributed by atoms with Crippen molar-refractivity contribution in [1.82, 2.24) is 4.98 Å². The molecular formula is C18H22N2O. The molecule has 0 radical (unpaired) electrons. The van der Waals surface area contributed by atoms with E-state index in [4.69, 9.17) is 0 Å². The molecule has 0 fully saturated rings. The third-order valence-electron chi connectivity index (χ3n) is 3.55. The van der Waals surface area contributed by atoms with Crippen LogP contribution in [0.5, 0.6) is 0 Å². The molecule has 110 valence electrons. The maximum absolute atomic E-state index is 12.4. The average molecular weight is 282 g/mol. The van der Waals surface area contributed by atoms with Crippen LogP contribution in [-0.2, 0) is 0 Å². The Labute approximate surface area is 126 Å². The van der Waals surface area contributed by atoms with Crippen molar-refractivity contribution in [2.75, 3.05) is 5.32 Å². The van der Waals surface area contributed by atoms with Crippen LogP contribution in [0.25, 0.3) is 0 Å². The Hall–Kier alpha value is -2.16. The van der Waals surface area contributed by atoms with E-state index in [1.165, 1.54) is 11.1 Å². The monoisotopic (exact) mass is 282 g/mol. The molecule has 2 rings (SSSR count). The SMILES string of the molecule is CC(C)c1cccc(C(C)C)c1NC(=O)c1ccncc1. The van der Waals surface area contributed by atoms with Crippen molar-refractivity contribution in [3.8, 4) is 0 Å². The molecule has 0 saturated heterocycles. The lowest BCUT2D eigenvalue weighted by molar-refractivity contribution is 0.102. The lowest BCUT2D eigenvalue weighted by atomic mass is 9.92. The molecule has 0 atom stereocenters. The van der Waals surface area contributed by atoms with Gasteiger partial charge in [-0.15, -0.1) is 0 Å². The minimum atomic E-state index is -0.0904. The Morgan fingerprint density at radius 2 is 1.48 bits per heavy atom. The summed E-state index contributed by atoms with van der Waals surface area (Å²) in [6, 6.07) is 9.68. The molecule has 0 aliphatic carbocycles. The van der Waals surface area contributed by atoms with E-state index in [0.717, 1.165) is 5.69 Å². The zero-order valence-corrected chi connectivity index (χ0v) is 13.1. The summed E-state index contributed by atoms with van der Waals surface area (Å²) in [5.74, 6) is 0.625. The predicted octanol–water partition coefficient (Wildman–Crippen LogP) is 4.58. The Bertz CT molecular complexity index is 592. The van der Waals surface area contributed by atoms with Gasteiger partial charge in [-0.2, -0.15) is 0 Å². The van der Waals surface area contributed by atoms with Crippen LogP contribution in [0, 0.1) is 0 Å². The summed E-state index contributed by atoms with van der Waals surface area (Å²) in [7, 11) is 0. The van der Waals surface area contributed by atoms with Gasteiger partial charge in [-0.25, -0.2) is 0 Å². The first kappa shape index (κ1) is 15.2. The molecule has 0 bridgehead atoms. The van der Waals surface area contributed by atoms with Gasteiger partial charge in [-0.3, -0.25) is 9.78 Å². The van der Waals surface area contributed by atoms with Crippen LogP contribution in [-0.4, -0.2) is 10.9 Å². The van der Waals surface area contributed by atoms with Crippen LogP contribution in [0.1, 0.15) is 61.0 Å². The van der Waals surface area contributed by atoms with Gasteiger partial charge >= 0.3 is 0 Å². The van der Waals surface area contributed by atoms with Crippen LogP contribution in [0.4, 0.5) is 5.69 Å². The molecule has 3 nitrogen and oxygen atoms in total. The van der Waals surface area contributed by atoms with Crippen molar-refractivity contribution in [3.63, 3.8) is 0 Å². The fraction of sp³-hybridized carbons (Fsp3) is 0.333. The van der Waals surface area contributed by atoms with Gasteiger partial charge in [0.2, 0.25) is 0 Å². The molecule has 0 saturated carbocycles. The quantitative estimate of drug-likeness (QED) is 0.891. The van der Waals surface area contributed by atoms with Crippen LogP contribution >= 0.6 is 0 Å². The van der Waals surface area contributed by atoms with Crippen LogP contribution in [0.15, 0.2) is 42.7 Å². The van der Waals surface area contributed by atoms with E-state index >= 15 is 0 Å². The molecule has 1 amide bonds. The highest BCUT2D eigenvalue weighted by Gasteiger charge is 2.16. The smallest absolute Gasteiger partial charge is 0.255 e. The number of hydrogen-bond acceptors (Lipinski definition) is 2. The molecular weight excluding hydrogens is 260 g/mol. The Kier molecular flexibility index (Phi) is 4.73. The summed E-state index contributed by atoms with van der Waals surface area (Å²) in [6.07, 6.45) is 3.26. The summed E-state index contributed by atoms with van der Waals surface area (Å²) in [5, 5.41) is 3.09. The number of rotatable bonds is 4. The van der Waals surface area contributed by atoms with Crippen molar-refractivity contribution in [1.29, 1.82) is 0 Å². The average Bonchev–Trinajstić information content (AvgIpc) is 2.47. The van der Waals surface area contributed by atoms with E-state index in [1.54, 1.807) is 24.5 Å². The van der Waals surface area contributed by atoms with Crippen LogP contribution in [0.3, 0.4) is 0 Å². The lowest BCUT2D eigenvalue weighted by Crippen LogP contribution is -2.15. The zero-order valence-electron chi connectivity index (χ0n) is 13.1. The molecule has 0 aliphatic heterocycles. The van der Waals surface area contributed by atoms with Gasteiger partial charge < -0.3 is 5.32 Å². The van der Waals surface area contributed by atoms with Gasteiger partial charge in [0, 0.05) is 23.6 Å². The van der Waals surface area contributed by atoms with Gasteiger partial charge in [0.05, 0.1) is 0 Å². The molecule has 0 unspecified atom stereocenters. The number of nitrogens with one attached hydrogen (secondary N) is 1. The second kappa shape index (κ2) is 6.53. The maximum atomic E-state index is 12.4. The molecule has 1 aromatic heterocycles. The molecule has 2 aromatic rings. The second-order valence-electron chi connectivity index (χ2n) is 5.81. The van der Waals surface area contributed by atoms with E-state index in [2.05, 4.69) is 56.2 Å². The van der Waals surface area contributed by atoms with Crippen molar-refractivity contribution in [2.45, 2.75) is 39.5 Å². The summed E-state index contributed by atoms with van der Waals surface area (Å²) < 4.78 is 0. The predicted molar refractivity (Wildman–Crippen MR) is 86.8 cm³/mol. The largest absolute Gasteiger partial charge is 0.321 e. The topological polar surface area (TPSA) is 42.0 Å². The number of amides is 1. The van der Waals surface area contributed by atoms with E-state index in [0.29, 0.717) is 17.4 Å². The lowest BCUT2D eigenvalue weighted by Gasteiger charge is -2.20.